The number of halogens is 1. The summed E-state index contributed by atoms with van der Waals surface area (Å²) in [5.41, 5.74) is -0.624. The van der Waals surface area contributed by atoms with E-state index in [0.29, 0.717) is 51.1 Å². The van der Waals surface area contributed by atoms with E-state index in [-0.39, 0.29) is 48.0 Å². The topological polar surface area (TPSA) is 129 Å². The summed E-state index contributed by atoms with van der Waals surface area (Å²) in [7, 11) is 1.69. The Bertz CT molecular complexity index is 1470. The van der Waals surface area contributed by atoms with Crippen LogP contribution in [0.25, 0.3) is 0 Å². The number of allylic oxidation sites excluding steroid dienone is 1. The third-order valence-corrected chi connectivity index (χ3v) is 12.3. The predicted molar refractivity (Wildman–Crippen MR) is 204 cm³/mol. The van der Waals surface area contributed by atoms with Crippen molar-refractivity contribution in [3.8, 4) is 0 Å². The largest absolute Gasteiger partial charge is 0.455 e. The van der Waals surface area contributed by atoms with Crippen molar-refractivity contribution in [3.05, 3.63) is 61.2 Å². The minimum absolute atomic E-state index is 0.112. The second kappa shape index (κ2) is 18.0. The number of likely N-dealkylation sites (tertiary alicyclic amines) is 1. The molecule has 13 heteroatoms. The molecule has 4 aliphatic rings. The normalized spacial score (nSPS) is 28.3. The molecule has 9 atom stereocenters. The Balaban J connectivity index is 1.50. The van der Waals surface area contributed by atoms with Gasteiger partial charge >= 0.3 is 5.97 Å². The zero-order valence-electron chi connectivity index (χ0n) is 31.6. The number of morpholine rings is 1. The maximum atomic E-state index is 14.9. The van der Waals surface area contributed by atoms with Crippen LogP contribution in [0, 0.1) is 17.8 Å². The Kier molecular flexibility index (Phi) is 14.0. The fraction of sp³-hybridized carbons (Fsp3) is 0.650. The van der Waals surface area contributed by atoms with E-state index in [0.717, 1.165) is 13.1 Å². The van der Waals surface area contributed by atoms with Gasteiger partial charge in [0.25, 0.3) is 0 Å². The molecule has 292 valence electrons. The monoisotopic (exact) mass is 800 g/mol. The van der Waals surface area contributed by atoms with Gasteiger partial charge in [-0.1, -0.05) is 72.3 Å². The molecule has 4 fully saturated rings. The van der Waals surface area contributed by atoms with Gasteiger partial charge < -0.3 is 34.0 Å². The predicted octanol–water partition coefficient (Wildman–Crippen LogP) is 3.59. The number of amides is 3. The number of hydrogen-bond acceptors (Lipinski definition) is 9. The average Bonchev–Trinajstić information content (AvgIpc) is 3.76. The molecule has 4 heterocycles. The van der Waals surface area contributed by atoms with Crippen molar-refractivity contribution in [1.29, 1.82) is 0 Å². The minimum Gasteiger partial charge on any atom is -0.455 e. The lowest BCUT2D eigenvalue weighted by molar-refractivity contribution is -0.165. The summed E-state index contributed by atoms with van der Waals surface area (Å²) in [6, 6.07) is 6.98. The van der Waals surface area contributed by atoms with Crippen LogP contribution >= 0.6 is 15.9 Å². The van der Waals surface area contributed by atoms with E-state index in [4.69, 9.17) is 14.2 Å². The summed E-state index contributed by atoms with van der Waals surface area (Å²) in [4.78, 5) is 64.3. The SMILES string of the molecule is C=CCCC(=O)N(C)[C@H](C)[C@H](OC(=O)[C@H]1[C@@H]2O[C@@]3(CC2Br)[C@@H]1C(=O)N([C@@H](CO)CC(C)C)[C@@H]3C(=O)N(CC=C)CCN1CCOCC1)c1ccccc1. The Morgan fingerprint density at radius 3 is 2.45 bits per heavy atom. The molecule has 1 aromatic carbocycles. The quantitative estimate of drug-likeness (QED) is 0.135. The molecule has 1 aromatic rings. The summed E-state index contributed by atoms with van der Waals surface area (Å²) < 4.78 is 18.7. The Labute approximate surface area is 322 Å². The van der Waals surface area contributed by atoms with Gasteiger partial charge in [0, 0.05) is 51.0 Å². The van der Waals surface area contributed by atoms with Crippen LogP contribution < -0.4 is 0 Å². The van der Waals surface area contributed by atoms with E-state index < -0.39 is 53.7 Å². The first-order chi connectivity index (χ1) is 25.4. The Morgan fingerprint density at radius 2 is 1.83 bits per heavy atom. The first-order valence-corrected chi connectivity index (χ1v) is 19.9. The van der Waals surface area contributed by atoms with Crippen molar-refractivity contribution >= 4 is 39.6 Å². The molecule has 4 saturated heterocycles. The minimum atomic E-state index is -1.33. The van der Waals surface area contributed by atoms with E-state index in [2.05, 4.69) is 34.0 Å². The smallest absolute Gasteiger partial charge is 0.313 e. The molecule has 1 N–H and O–H groups in total. The number of aliphatic hydroxyl groups excluding tert-OH is 1. The van der Waals surface area contributed by atoms with E-state index in [1.165, 1.54) is 4.90 Å². The third kappa shape index (κ3) is 8.44. The van der Waals surface area contributed by atoms with E-state index in [1.807, 2.05) is 51.1 Å². The van der Waals surface area contributed by atoms with Gasteiger partial charge in [0.1, 0.15) is 17.7 Å². The molecule has 0 radical (unpaired) electrons. The lowest BCUT2D eigenvalue weighted by Gasteiger charge is -2.40. The molecule has 1 spiro atoms. The number of hydrogen-bond donors (Lipinski definition) is 1. The Morgan fingerprint density at radius 1 is 1.13 bits per heavy atom. The van der Waals surface area contributed by atoms with Gasteiger partial charge in [-0.15, -0.1) is 13.2 Å². The van der Waals surface area contributed by atoms with Gasteiger partial charge in [-0.05, 0) is 37.7 Å². The number of alkyl halides is 1. The summed E-state index contributed by atoms with van der Waals surface area (Å²) in [5.74, 6) is -3.34. The molecule has 5 rings (SSSR count). The number of rotatable bonds is 18. The van der Waals surface area contributed by atoms with E-state index in [1.54, 1.807) is 29.0 Å². The maximum absolute atomic E-state index is 14.9. The fourth-order valence-corrected chi connectivity index (χ4v) is 9.60. The molecule has 0 aliphatic carbocycles. The van der Waals surface area contributed by atoms with Gasteiger partial charge in [0.15, 0.2) is 0 Å². The highest BCUT2D eigenvalue weighted by Crippen LogP contribution is 2.61. The van der Waals surface area contributed by atoms with Gasteiger partial charge in [-0.25, -0.2) is 0 Å². The van der Waals surface area contributed by atoms with E-state index >= 15 is 0 Å². The van der Waals surface area contributed by atoms with Crippen LogP contribution in [0.3, 0.4) is 0 Å². The number of aliphatic hydroxyl groups is 1. The van der Waals surface area contributed by atoms with E-state index in [9.17, 15) is 24.3 Å². The van der Waals surface area contributed by atoms with Crippen molar-refractivity contribution < 1.29 is 38.5 Å². The van der Waals surface area contributed by atoms with Crippen molar-refractivity contribution in [3.63, 3.8) is 0 Å². The van der Waals surface area contributed by atoms with Crippen LogP contribution in [0.4, 0.5) is 0 Å². The molecular formula is C40H57BrN4O8. The molecular weight excluding hydrogens is 744 g/mol. The number of fused-ring (bicyclic) bond motifs is 1. The van der Waals surface area contributed by atoms with Crippen LogP contribution in [-0.4, -0.2) is 143 Å². The number of nitrogens with zero attached hydrogens (tertiary/aromatic N) is 4. The molecule has 12 nitrogen and oxygen atoms in total. The summed E-state index contributed by atoms with van der Waals surface area (Å²) >= 11 is 3.77. The molecule has 2 bridgehead atoms. The lowest BCUT2D eigenvalue weighted by atomic mass is 9.70. The van der Waals surface area contributed by atoms with Gasteiger partial charge in [-0.3, -0.25) is 24.1 Å². The number of esters is 1. The molecule has 53 heavy (non-hydrogen) atoms. The number of benzene rings is 1. The Hall–Kier alpha value is -3.10. The number of carbonyl (C=O) groups excluding carboxylic acids is 4. The van der Waals surface area contributed by atoms with Crippen molar-refractivity contribution in [1.82, 2.24) is 19.6 Å². The van der Waals surface area contributed by atoms with Crippen molar-refractivity contribution in [2.24, 2.45) is 17.8 Å². The number of ether oxygens (including phenoxy) is 3. The van der Waals surface area contributed by atoms with Crippen molar-refractivity contribution in [2.75, 3.05) is 59.6 Å². The van der Waals surface area contributed by atoms with Gasteiger partial charge in [-0.2, -0.15) is 0 Å². The highest BCUT2D eigenvalue weighted by atomic mass is 79.9. The second-order valence-electron chi connectivity index (χ2n) is 15.2. The maximum Gasteiger partial charge on any atom is 0.313 e. The van der Waals surface area contributed by atoms with Gasteiger partial charge in [0.05, 0.1) is 49.8 Å². The summed E-state index contributed by atoms with van der Waals surface area (Å²) in [6.45, 7) is 17.2. The fourth-order valence-electron chi connectivity index (χ4n) is 8.66. The first-order valence-electron chi connectivity index (χ1n) is 19.0. The molecule has 0 aromatic heterocycles. The zero-order valence-corrected chi connectivity index (χ0v) is 33.2. The standard InChI is InChI=1S/C40H57BrN4O8/c1-7-9-15-31(47)42(6)27(5)34(28-13-11-10-12-14-28)52-39(50)32-33-37(48)45(29(25-46)23-26(3)4)36(40(33)24-30(41)35(32)53-40)38(49)44(16-8-2)18-17-43-19-21-51-22-20-43/h7-8,10-14,26-27,29-30,32-36,46H,1-2,9,15-25H2,3-6H3/t27-,29-,30?,32-,33+,34+,35-,36-,40+/m1/s1. The van der Waals surface area contributed by atoms with Crippen molar-refractivity contribution in [2.45, 2.75) is 87.2 Å². The third-order valence-electron chi connectivity index (χ3n) is 11.4. The molecule has 4 aliphatic heterocycles. The highest BCUT2D eigenvalue weighted by molar-refractivity contribution is 9.09. The van der Waals surface area contributed by atoms with Crippen LogP contribution in [0.1, 0.15) is 58.1 Å². The van der Waals surface area contributed by atoms with Crippen LogP contribution in [-0.2, 0) is 33.4 Å². The summed E-state index contributed by atoms with van der Waals surface area (Å²) in [5, 5.41) is 10.7. The zero-order chi connectivity index (χ0) is 38.4. The van der Waals surface area contributed by atoms with Gasteiger partial charge in [0.2, 0.25) is 17.7 Å². The number of likely N-dealkylation sites (N-methyl/N-ethyl adjacent to an activating group) is 1. The average molecular weight is 802 g/mol. The first kappa shape index (κ1) is 41.1. The summed E-state index contributed by atoms with van der Waals surface area (Å²) in [6.07, 6.45) is 3.37. The number of carbonyl (C=O) groups is 4. The van der Waals surface area contributed by atoms with Crippen LogP contribution in [0.2, 0.25) is 0 Å². The lowest BCUT2D eigenvalue weighted by Crippen LogP contribution is -2.59. The molecule has 0 saturated carbocycles. The molecule has 3 amide bonds. The second-order valence-corrected chi connectivity index (χ2v) is 16.4. The highest BCUT2D eigenvalue weighted by Gasteiger charge is 2.77. The molecule has 1 unspecified atom stereocenters. The van der Waals surface area contributed by atoms with Crippen LogP contribution in [0.15, 0.2) is 55.6 Å². The van der Waals surface area contributed by atoms with Crippen LogP contribution in [0.5, 0.6) is 0 Å².